The summed E-state index contributed by atoms with van der Waals surface area (Å²) in [6.45, 7) is 2.11. The van der Waals surface area contributed by atoms with E-state index in [2.05, 4.69) is 5.32 Å². The first-order valence-electron chi connectivity index (χ1n) is 5.32. The molecule has 1 aromatic rings. The lowest BCUT2D eigenvalue weighted by atomic mass is 10.2. The molecule has 94 valence electrons. The molecule has 1 rings (SSSR count). The van der Waals surface area contributed by atoms with Gasteiger partial charge in [-0.2, -0.15) is 0 Å². The molecule has 0 saturated heterocycles. The van der Waals surface area contributed by atoms with Crippen LogP contribution < -0.4 is 10.1 Å². The molecule has 17 heavy (non-hydrogen) atoms. The highest BCUT2D eigenvalue weighted by Crippen LogP contribution is 2.28. The third-order valence-corrected chi connectivity index (χ3v) is 2.40. The van der Waals surface area contributed by atoms with Crippen molar-refractivity contribution in [3.63, 3.8) is 0 Å². The van der Waals surface area contributed by atoms with Gasteiger partial charge in [0.05, 0.1) is 18.1 Å². The van der Waals surface area contributed by atoms with Crippen LogP contribution in [-0.4, -0.2) is 29.8 Å². The summed E-state index contributed by atoms with van der Waals surface area (Å²) < 4.78 is 5.00. The van der Waals surface area contributed by atoms with Gasteiger partial charge in [0, 0.05) is 18.7 Å². The van der Waals surface area contributed by atoms with Crippen molar-refractivity contribution in [1.29, 1.82) is 0 Å². The number of ether oxygens (including phenoxy) is 1. The summed E-state index contributed by atoms with van der Waals surface area (Å²) in [5.41, 5.74) is 0.316. The number of rotatable bonds is 6. The molecule has 6 nitrogen and oxygen atoms in total. The van der Waals surface area contributed by atoms with Crippen LogP contribution in [0.4, 0.5) is 11.4 Å². The number of anilines is 1. The number of nitro groups is 1. The predicted octanol–water partition coefficient (Wildman–Crippen LogP) is 1.79. The molecule has 0 aromatic heterocycles. The maximum atomic E-state index is 10.8. The lowest BCUT2D eigenvalue weighted by Crippen LogP contribution is -2.18. The molecule has 0 aliphatic carbocycles. The summed E-state index contributed by atoms with van der Waals surface area (Å²) in [5, 5.41) is 23.1. The molecule has 0 aliphatic heterocycles. The van der Waals surface area contributed by atoms with E-state index in [0.717, 1.165) is 0 Å². The van der Waals surface area contributed by atoms with Crippen molar-refractivity contribution in [3.8, 4) is 5.75 Å². The largest absolute Gasteiger partial charge is 0.497 e. The van der Waals surface area contributed by atoms with E-state index < -0.39 is 11.0 Å². The Morgan fingerprint density at radius 3 is 2.82 bits per heavy atom. The van der Waals surface area contributed by atoms with E-state index in [4.69, 9.17) is 4.74 Å². The second kappa shape index (κ2) is 6.05. The molecular formula is C11H16N2O4. The molecule has 0 bridgehead atoms. The summed E-state index contributed by atoms with van der Waals surface area (Å²) in [5.74, 6) is 0.532. The first kappa shape index (κ1) is 13.2. The average molecular weight is 240 g/mol. The van der Waals surface area contributed by atoms with Gasteiger partial charge >= 0.3 is 0 Å². The molecule has 1 aromatic carbocycles. The summed E-state index contributed by atoms with van der Waals surface area (Å²) in [6, 6.07) is 4.44. The standard InChI is InChI=1S/C11H16N2O4/c1-3-8(14)7-12-10-6-9(17-2)4-5-11(10)13(15)16/h4-6,8,12,14H,3,7H2,1-2H3. The zero-order valence-electron chi connectivity index (χ0n) is 9.84. The Labute approximate surface area is 99.4 Å². The Hall–Kier alpha value is -1.82. The van der Waals surface area contributed by atoms with Gasteiger partial charge in [0.15, 0.2) is 0 Å². The lowest BCUT2D eigenvalue weighted by Gasteiger charge is -2.11. The van der Waals surface area contributed by atoms with Crippen LogP contribution in [0.2, 0.25) is 0 Å². The minimum absolute atomic E-state index is 0.0332. The quantitative estimate of drug-likeness (QED) is 0.585. The van der Waals surface area contributed by atoms with Crippen LogP contribution in [0.1, 0.15) is 13.3 Å². The number of nitrogens with one attached hydrogen (secondary N) is 1. The van der Waals surface area contributed by atoms with E-state index in [1.54, 1.807) is 6.07 Å². The van der Waals surface area contributed by atoms with E-state index in [-0.39, 0.29) is 12.2 Å². The smallest absolute Gasteiger partial charge is 0.292 e. The molecule has 0 fully saturated rings. The molecule has 0 saturated carbocycles. The Balaban J connectivity index is 2.89. The van der Waals surface area contributed by atoms with Gasteiger partial charge in [-0.15, -0.1) is 0 Å². The van der Waals surface area contributed by atoms with Crippen LogP contribution >= 0.6 is 0 Å². The second-order valence-corrected chi connectivity index (χ2v) is 3.58. The van der Waals surface area contributed by atoms with Crippen molar-refractivity contribution in [1.82, 2.24) is 0 Å². The number of benzene rings is 1. The van der Waals surface area contributed by atoms with Crippen molar-refractivity contribution in [3.05, 3.63) is 28.3 Å². The fourth-order valence-corrected chi connectivity index (χ4v) is 1.32. The maximum absolute atomic E-state index is 10.8. The number of nitro benzene ring substituents is 1. The van der Waals surface area contributed by atoms with Crippen LogP contribution in [0.3, 0.4) is 0 Å². The highest BCUT2D eigenvalue weighted by atomic mass is 16.6. The number of hydrogen-bond acceptors (Lipinski definition) is 5. The zero-order valence-corrected chi connectivity index (χ0v) is 9.84. The van der Waals surface area contributed by atoms with Gasteiger partial charge in [0.1, 0.15) is 11.4 Å². The minimum atomic E-state index is -0.527. The van der Waals surface area contributed by atoms with E-state index >= 15 is 0 Å². The second-order valence-electron chi connectivity index (χ2n) is 3.58. The van der Waals surface area contributed by atoms with Crippen LogP contribution in [0.25, 0.3) is 0 Å². The van der Waals surface area contributed by atoms with Crippen LogP contribution in [0.5, 0.6) is 5.75 Å². The zero-order chi connectivity index (χ0) is 12.8. The summed E-state index contributed by atoms with van der Waals surface area (Å²) in [6.07, 6.45) is 0.0610. The average Bonchev–Trinajstić information content (AvgIpc) is 2.35. The normalized spacial score (nSPS) is 11.9. The van der Waals surface area contributed by atoms with Gasteiger partial charge in [-0.25, -0.2) is 0 Å². The van der Waals surface area contributed by atoms with E-state index in [1.807, 2.05) is 6.92 Å². The van der Waals surface area contributed by atoms with Crippen molar-refractivity contribution in [2.75, 3.05) is 19.0 Å². The Morgan fingerprint density at radius 1 is 1.59 bits per heavy atom. The first-order chi connectivity index (χ1) is 8.08. The molecule has 0 radical (unpaired) electrons. The number of methoxy groups -OCH3 is 1. The van der Waals surface area contributed by atoms with E-state index in [0.29, 0.717) is 17.9 Å². The molecular weight excluding hydrogens is 224 g/mol. The molecule has 0 aliphatic rings. The van der Waals surface area contributed by atoms with E-state index in [9.17, 15) is 15.2 Å². The van der Waals surface area contributed by atoms with Crippen molar-refractivity contribution >= 4 is 11.4 Å². The topological polar surface area (TPSA) is 84.6 Å². The summed E-state index contributed by atoms with van der Waals surface area (Å²) in [7, 11) is 1.49. The molecule has 2 N–H and O–H groups in total. The van der Waals surface area contributed by atoms with Crippen molar-refractivity contribution in [2.24, 2.45) is 0 Å². The first-order valence-corrected chi connectivity index (χ1v) is 5.32. The van der Waals surface area contributed by atoms with Crippen molar-refractivity contribution < 1.29 is 14.8 Å². The third-order valence-electron chi connectivity index (χ3n) is 2.40. The number of nitrogens with zero attached hydrogens (tertiary/aromatic N) is 1. The molecule has 1 unspecified atom stereocenters. The highest BCUT2D eigenvalue weighted by Gasteiger charge is 2.15. The molecule has 0 amide bonds. The van der Waals surface area contributed by atoms with Gasteiger partial charge in [-0.1, -0.05) is 6.92 Å². The fourth-order valence-electron chi connectivity index (χ4n) is 1.32. The highest BCUT2D eigenvalue weighted by molar-refractivity contribution is 5.64. The lowest BCUT2D eigenvalue weighted by molar-refractivity contribution is -0.384. The number of aliphatic hydroxyl groups excluding tert-OH is 1. The predicted molar refractivity (Wildman–Crippen MR) is 64.4 cm³/mol. The molecule has 6 heteroatoms. The van der Waals surface area contributed by atoms with Gasteiger partial charge in [0.25, 0.3) is 5.69 Å². The number of aliphatic hydroxyl groups is 1. The minimum Gasteiger partial charge on any atom is -0.497 e. The van der Waals surface area contributed by atoms with E-state index in [1.165, 1.54) is 19.2 Å². The van der Waals surface area contributed by atoms with Gasteiger partial charge in [0.2, 0.25) is 0 Å². The summed E-state index contributed by atoms with van der Waals surface area (Å²) >= 11 is 0. The monoisotopic (exact) mass is 240 g/mol. The van der Waals surface area contributed by atoms with Gasteiger partial charge in [-0.05, 0) is 12.5 Å². The van der Waals surface area contributed by atoms with Crippen LogP contribution in [0.15, 0.2) is 18.2 Å². The maximum Gasteiger partial charge on any atom is 0.292 e. The Kier molecular flexibility index (Phi) is 4.71. The van der Waals surface area contributed by atoms with Crippen LogP contribution in [0, 0.1) is 10.1 Å². The van der Waals surface area contributed by atoms with Crippen molar-refractivity contribution in [2.45, 2.75) is 19.4 Å². The molecule has 0 spiro atoms. The Bertz CT molecular complexity index is 395. The Morgan fingerprint density at radius 2 is 2.29 bits per heavy atom. The third kappa shape index (κ3) is 3.60. The van der Waals surface area contributed by atoms with Crippen LogP contribution in [-0.2, 0) is 0 Å². The molecule has 1 atom stereocenters. The fraction of sp³-hybridized carbons (Fsp3) is 0.455. The molecule has 0 heterocycles. The number of hydrogen-bond donors (Lipinski definition) is 2. The van der Waals surface area contributed by atoms with Gasteiger partial charge < -0.3 is 15.2 Å². The van der Waals surface area contributed by atoms with Gasteiger partial charge in [-0.3, -0.25) is 10.1 Å². The summed E-state index contributed by atoms with van der Waals surface area (Å²) in [4.78, 5) is 10.3. The SMILES string of the molecule is CCC(O)CNc1cc(OC)ccc1[N+](=O)[O-].